The van der Waals surface area contributed by atoms with Crippen molar-refractivity contribution in [3.05, 3.63) is 0 Å². The lowest BCUT2D eigenvalue weighted by atomic mass is 10.2. The highest BCUT2D eigenvalue weighted by Gasteiger charge is 2.01. The third kappa shape index (κ3) is 9.80. The van der Waals surface area contributed by atoms with Crippen LogP contribution in [0.3, 0.4) is 0 Å². The zero-order valence-corrected chi connectivity index (χ0v) is 9.30. The van der Waals surface area contributed by atoms with E-state index in [-0.39, 0.29) is 6.10 Å². The van der Waals surface area contributed by atoms with Crippen molar-refractivity contribution in [1.29, 1.82) is 0 Å². The van der Waals surface area contributed by atoms with E-state index in [1.165, 1.54) is 0 Å². The standard InChI is InChI=1S/C10H23NO2/c1-9(2)7-11-8-10(3)13-6-5-12-4/h9-11H,5-8H2,1-4H3. The zero-order valence-electron chi connectivity index (χ0n) is 9.30. The fraction of sp³-hybridized carbons (Fsp3) is 1.00. The summed E-state index contributed by atoms with van der Waals surface area (Å²) in [5.74, 6) is 0.700. The van der Waals surface area contributed by atoms with E-state index in [1.807, 2.05) is 0 Å². The molecule has 0 saturated carbocycles. The predicted molar refractivity (Wildman–Crippen MR) is 55.0 cm³/mol. The van der Waals surface area contributed by atoms with Gasteiger partial charge in [-0.25, -0.2) is 0 Å². The van der Waals surface area contributed by atoms with Crippen molar-refractivity contribution in [2.75, 3.05) is 33.4 Å². The summed E-state index contributed by atoms with van der Waals surface area (Å²) in [7, 11) is 1.69. The minimum Gasteiger partial charge on any atom is -0.382 e. The Kier molecular flexibility index (Phi) is 8.40. The highest BCUT2D eigenvalue weighted by Crippen LogP contribution is 1.91. The number of hydrogen-bond donors (Lipinski definition) is 1. The third-order valence-corrected chi connectivity index (χ3v) is 1.67. The molecule has 0 radical (unpaired) electrons. The van der Waals surface area contributed by atoms with Crippen molar-refractivity contribution >= 4 is 0 Å². The van der Waals surface area contributed by atoms with E-state index < -0.39 is 0 Å². The molecule has 0 aromatic carbocycles. The molecule has 0 aromatic heterocycles. The number of ether oxygens (including phenoxy) is 2. The molecule has 80 valence electrons. The fourth-order valence-corrected chi connectivity index (χ4v) is 0.967. The van der Waals surface area contributed by atoms with Gasteiger partial charge in [0.15, 0.2) is 0 Å². The molecule has 1 unspecified atom stereocenters. The third-order valence-electron chi connectivity index (χ3n) is 1.67. The van der Waals surface area contributed by atoms with Crippen molar-refractivity contribution in [1.82, 2.24) is 5.32 Å². The predicted octanol–water partition coefficient (Wildman–Crippen LogP) is 1.28. The first kappa shape index (κ1) is 12.9. The fourth-order valence-electron chi connectivity index (χ4n) is 0.967. The topological polar surface area (TPSA) is 30.5 Å². The molecule has 1 atom stereocenters. The molecule has 0 aliphatic carbocycles. The number of nitrogens with one attached hydrogen (secondary N) is 1. The molecule has 0 aliphatic rings. The van der Waals surface area contributed by atoms with Crippen LogP contribution >= 0.6 is 0 Å². The van der Waals surface area contributed by atoms with Crippen LogP contribution in [-0.4, -0.2) is 39.5 Å². The Morgan fingerprint density at radius 3 is 2.31 bits per heavy atom. The number of rotatable bonds is 8. The highest BCUT2D eigenvalue weighted by atomic mass is 16.5. The van der Waals surface area contributed by atoms with Crippen LogP contribution in [0.5, 0.6) is 0 Å². The first-order chi connectivity index (χ1) is 6.16. The molecule has 0 spiro atoms. The molecule has 1 N–H and O–H groups in total. The highest BCUT2D eigenvalue weighted by molar-refractivity contribution is 4.57. The Morgan fingerprint density at radius 2 is 1.77 bits per heavy atom. The van der Waals surface area contributed by atoms with Gasteiger partial charge in [0.05, 0.1) is 19.3 Å². The second kappa shape index (κ2) is 8.48. The second-order valence-electron chi connectivity index (χ2n) is 3.73. The summed E-state index contributed by atoms with van der Waals surface area (Å²) >= 11 is 0. The van der Waals surface area contributed by atoms with Crippen LogP contribution in [0.15, 0.2) is 0 Å². The smallest absolute Gasteiger partial charge is 0.0704 e. The van der Waals surface area contributed by atoms with E-state index in [2.05, 4.69) is 26.1 Å². The minimum absolute atomic E-state index is 0.272. The molecule has 3 heteroatoms. The lowest BCUT2D eigenvalue weighted by Crippen LogP contribution is -2.30. The van der Waals surface area contributed by atoms with Gasteiger partial charge in [-0.15, -0.1) is 0 Å². The Balaban J connectivity index is 3.15. The molecule has 0 fully saturated rings. The molecule has 0 saturated heterocycles. The van der Waals surface area contributed by atoms with Gasteiger partial charge in [-0.1, -0.05) is 13.8 Å². The van der Waals surface area contributed by atoms with Crippen LogP contribution < -0.4 is 5.32 Å². The van der Waals surface area contributed by atoms with Gasteiger partial charge in [0.25, 0.3) is 0 Å². The normalized spacial score (nSPS) is 13.6. The van der Waals surface area contributed by atoms with Crippen LogP contribution in [0.4, 0.5) is 0 Å². The molecular weight excluding hydrogens is 166 g/mol. The van der Waals surface area contributed by atoms with Crippen molar-refractivity contribution < 1.29 is 9.47 Å². The Labute approximate surface area is 81.8 Å². The van der Waals surface area contributed by atoms with E-state index in [1.54, 1.807) is 7.11 Å². The molecule has 0 rings (SSSR count). The quantitative estimate of drug-likeness (QED) is 0.584. The summed E-state index contributed by atoms with van der Waals surface area (Å²) in [5, 5.41) is 3.35. The Morgan fingerprint density at radius 1 is 1.08 bits per heavy atom. The van der Waals surface area contributed by atoms with Gasteiger partial charge in [-0.2, -0.15) is 0 Å². The monoisotopic (exact) mass is 189 g/mol. The molecule has 0 amide bonds. The van der Waals surface area contributed by atoms with Crippen LogP contribution in [0, 0.1) is 5.92 Å². The van der Waals surface area contributed by atoms with Gasteiger partial charge >= 0.3 is 0 Å². The Hall–Kier alpha value is -0.120. The molecule has 0 heterocycles. The van der Waals surface area contributed by atoms with Gasteiger partial charge in [0.1, 0.15) is 0 Å². The summed E-state index contributed by atoms with van der Waals surface area (Å²) in [6.45, 7) is 9.80. The zero-order chi connectivity index (χ0) is 10.1. The molecule has 13 heavy (non-hydrogen) atoms. The second-order valence-corrected chi connectivity index (χ2v) is 3.73. The molecule has 3 nitrogen and oxygen atoms in total. The van der Waals surface area contributed by atoms with Crippen molar-refractivity contribution in [2.45, 2.75) is 26.9 Å². The van der Waals surface area contributed by atoms with Gasteiger partial charge in [0.2, 0.25) is 0 Å². The largest absolute Gasteiger partial charge is 0.382 e. The van der Waals surface area contributed by atoms with E-state index in [0.717, 1.165) is 13.1 Å². The number of methoxy groups -OCH3 is 1. The summed E-state index contributed by atoms with van der Waals surface area (Å²) < 4.78 is 10.4. The summed E-state index contributed by atoms with van der Waals surface area (Å²) in [6.07, 6.45) is 0.272. The first-order valence-electron chi connectivity index (χ1n) is 4.98. The average molecular weight is 189 g/mol. The maximum absolute atomic E-state index is 5.48. The van der Waals surface area contributed by atoms with Gasteiger partial charge in [0, 0.05) is 13.7 Å². The van der Waals surface area contributed by atoms with E-state index in [0.29, 0.717) is 19.1 Å². The van der Waals surface area contributed by atoms with Gasteiger partial charge in [-0.3, -0.25) is 0 Å². The lowest BCUT2D eigenvalue weighted by Gasteiger charge is -2.14. The van der Waals surface area contributed by atoms with E-state index in [9.17, 15) is 0 Å². The van der Waals surface area contributed by atoms with Crippen LogP contribution in [0.25, 0.3) is 0 Å². The van der Waals surface area contributed by atoms with Gasteiger partial charge < -0.3 is 14.8 Å². The molecule has 0 aliphatic heterocycles. The lowest BCUT2D eigenvalue weighted by molar-refractivity contribution is 0.0265. The van der Waals surface area contributed by atoms with Crippen molar-refractivity contribution in [2.24, 2.45) is 5.92 Å². The van der Waals surface area contributed by atoms with Crippen LogP contribution in [0.1, 0.15) is 20.8 Å². The maximum Gasteiger partial charge on any atom is 0.0704 e. The van der Waals surface area contributed by atoms with E-state index in [4.69, 9.17) is 9.47 Å². The SMILES string of the molecule is COCCOC(C)CNCC(C)C. The molecular formula is C10H23NO2. The van der Waals surface area contributed by atoms with Crippen molar-refractivity contribution in [3.8, 4) is 0 Å². The summed E-state index contributed by atoms with van der Waals surface area (Å²) in [4.78, 5) is 0. The van der Waals surface area contributed by atoms with E-state index >= 15 is 0 Å². The van der Waals surface area contributed by atoms with Gasteiger partial charge in [-0.05, 0) is 19.4 Å². The Bertz CT molecular complexity index is 107. The van der Waals surface area contributed by atoms with Crippen molar-refractivity contribution in [3.63, 3.8) is 0 Å². The molecule has 0 aromatic rings. The number of hydrogen-bond acceptors (Lipinski definition) is 3. The first-order valence-corrected chi connectivity index (χ1v) is 4.98. The summed E-state index contributed by atoms with van der Waals surface area (Å²) in [6, 6.07) is 0. The maximum atomic E-state index is 5.48. The van der Waals surface area contributed by atoms with Crippen LogP contribution in [-0.2, 0) is 9.47 Å². The summed E-state index contributed by atoms with van der Waals surface area (Å²) in [5.41, 5.74) is 0. The average Bonchev–Trinajstić information content (AvgIpc) is 2.04. The molecule has 0 bridgehead atoms. The van der Waals surface area contributed by atoms with Crippen LogP contribution in [0.2, 0.25) is 0 Å². The minimum atomic E-state index is 0.272.